The highest BCUT2D eigenvalue weighted by atomic mass is 16.5. The van der Waals surface area contributed by atoms with Gasteiger partial charge in [-0.3, -0.25) is 4.79 Å². The van der Waals surface area contributed by atoms with Crippen LogP contribution in [-0.4, -0.2) is 44.4 Å². The maximum absolute atomic E-state index is 11.4. The van der Waals surface area contributed by atoms with E-state index >= 15 is 0 Å². The first-order valence-electron chi connectivity index (χ1n) is 6.58. The summed E-state index contributed by atoms with van der Waals surface area (Å²) >= 11 is 0. The summed E-state index contributed by atoms with van der Waals surface area (Å²) < 4.78 is 10.1. The van der Waals surface area contributed by atoms with Crippen LogP contribution in [0.3, 0.4) is 0 Å². The number of phenols is 1. The lowest BCUT2D eigenvalue weighted by Crippen LogP contribution is -2.35. The van der Waals surface area contributed by atoms with Crippen molar-refractivity contribution in [2.45, 2.75) is 13.5 Å². The van der Waals surface area contributed by atoms with E-state index in [-0.39, 0.29) is 18.2 Å². The smallest absolute Gasteiger partial charge is 0.234 e. The first-order chi connectivity index (χ1) is 9.67. The number of methoxy groups -OCH3 is 1. The largest absolute Gasteiger partial charge is 0.504 e. The zero-order chi connectivity index (χ0) is 14.8. The molecule has 0 aliphatic heterocycles. The first-order valence-corrected chi connectivity index (χ1v) is 6.58. The van der Waals surface area contributed by atoms with E-state index in [9.17, 15) is 9.90 Å². The Morgan fingerprint density at radius 2 is 2.20 bits per heavy atom. The monoisotopic (exact) mass is 282 g/mol. The van der Waals surface area contributed by atoms with Crippen LogP contribution in [0.15, 0.2) is 18.2 Å². The molecule has 1 aromatic carbocycles. The van der Waals surface area contributed by atoms with E-state index in [2.05, 4.69) is 10.6 Å². The lowest BCUT2D eigenvalue weighted by molar-refractivity contribution is -0.120. The fourth-order valence-corrected chi connectivity index (χ4v) is 1.61. The zero-order valence-electron chi connectivity index (χ0n) is 11.9. The summed E-state index contributed by atoms with van der Waals surface area (Å²) in [5, 5.41) is 15.3. The van der Waals surface area contributed by atoms with Gasteiger partial charge < -0.3 is 25.2 Å². The topological polar surface area (TPSA) is 79.8 Å². The highest BCUT2D eigenvalue weighted by Gasteiger charge is 2.04. The summed E-state index contributed by atoms with van der Waals surface area (Å²) in [6, 6.07) is 5.13. The molecule has 1 rings (SSSR count). The van der Waals surface area contributed by atoms with Crippen molar-refractivity contribution in [1.82, 2.24) is 10.6 Å². The molecule has 0 bridgehead atoms. The summed E-state index contributed by atoms with van der Waals surface area (Å²) in [5.41, 5.74) is 0.941. The predicted molar refractivity (Wildman–Crippen MR) is 75.9 cm³/mol. The Balaban J connectivity index is 2.34. The van der Waals surface area contributed by atoms with Gasteiger partial charge in [-0.1, -0.05) is 6.07 Å². The first kappa shape index (κ1) is 16.3. The van der Waals surface area contributed by atoms with Crippen LogP contribution >= 0.6 is 0 Å². The minimum Gasteiger partial charge on any atom is -0.504 e. The van der Waals surface area contributed by atoms with E-state index in [0.717, 1.165) is 5.56 Å². The molecule has 1 aromatic rings. The van der Waals surface area contributed by atoms with Crippen molar-refractivity contribution >= 4 is 5.91 Å². The fourth-order valence-electron chi connectivity index (χ4n) is 1.61. The maximum atomic E-state index is 11.4. The van der Waals surface area contributed by atoms with Crippen molar-refractivity contribution in [3.63, 3.8) is 0 Å². The number of phenolic OH excluding ortho intramolecular Hbond substituents is 1. The van der Waals surface area contributed by atoms with Gasteiger partial charge in [0.2, 0.25) is 5.91 Å². The van der Waals surface area contributed by atoms with E-state index in [4.69, 9.17) is 9.47 Å². The van der Waals surface area contributed by atoms with Gasteiger partial charge in [-0.2, -0.15) is 0 Å². The Labute approximate surface area is 119 Å². The molecule has 0 aliphatic rings. The Morgan fingerprint density at radius 1 is 1.40 bits per heavy atom. The molecule has 0 aromatic heterocycles. The highest BCUT2D eigenvalue weighted by Crippen LogP contribution is 2.26. The zero-order valence-corrected chi connectivity index (χ0v) is 11.9. The van der Waals surface area contributed by atoms with Crippen molar-refractivity contribution in [2.24, 2.45) is 0 Å². The molecule has 0 atom stereocenters. The third-order valence-corrected chi connectivity index (χ3v) is 2.57. The van der Waals surface area contributed by atoms with Crippen LogP contribution in [0.4, 0.5) is 0 Å². The standard InChI is InChI=1S/C14H22N2O4/c1-3-20-13-8-11(4-5-12(13)17)9-15-10-14(18)16-6-7-19-2/h4-5,8,15,17H,3,6-7,9-10H2,1-2H3,(H,16,18). The average Bonchev–Trinajstić information content (AvgIpc) is 2.43. The molecule has 112 valence electrons. The van der Waals surface area contributed by atoms with E-state index in [0.29, 0.717) is 32.1 Å². The summed E-state index contributed by atoms with van der Waals surface area (Å²) in [6.07, 6.45) is 0. The molecule has 0 heterocycles. The summed E-state index contributed by atoms with van der Waals surface area (Å²) in [5.74, 6) is 0.495. The van der Waals surface area contributed by atoms with Crippen molar-refractivity contribution in [3.05, 3.63) is 23.8 Å². The molecule has 0 aliphatic carbocycles. The molecule has 20 heavy (non-hydrogen) atoms. The van der Waals surface area contributed by atoms with Gasteiger partial charge >= 0.3 is 0 Å². The number of carbonyl (C=O) groups is 1. The Kier molecular flexibility index (Phi) is 7.46. The maximum Gasteiger partial charge on any atom is 0.234 e. The summed E-state index contributed by atoms with van der Waals surface area (Å²) in [7, 11) is 1.59. The third-order valence-electron chi connectivity index (χ3n) is 2.57. The Bertz CT molecular complexity index is 424. The normalized spacial score (nSPS) is 10.3. The van der Waals surface area contributed by atoms with Crippen LogP contribution in [0.2, 0.25) is 0 Å². The summed E-state index contributed by atoms with van der Waals surface area (Å²) in [6.45, 7) is 4.11. The number of benzene rings is 1. The van der Waals surface area contributed by atoms with Crippen LogP contribution in [0.25, 0.3) is 0 Å². The second-order valence-corrected chi connectivity index (χ2v) is 4.18. The fraction of sp³-hybridized carbons (Fsp3) is 0.500. The number of hydrogen-bond acceptors (Lipinski definition) is 5. The van der Waals surface area contributed by atoms with Gasteiger partial charge in [0.25, 0.3) is 0 Å². The molecular formula is C14H22N2O4. The number of aromatic hydroxyl groups is 1. The highest BCUT2D eigenvalue weighted by molar-refractivity contribution is 5.77. The SMILES string of the molecule is CCOc1cc(CNCC(=O)NCCOC)ccc1O. The summed E-state index contributed by atoms with van der Waals surface area (Å²) in [4.78, 5) is 11.4. The molecule has 3 N–H and O–H groups in total. The van der Waals surface area contributed by atoms with Crippen LogP contribution in [-0.2, 0) is 16.1 Å². The Morgan fingerprint density at radius 3 is 2.90 bits per heavy atom. The molecule has 0 fully saturated rings. The molecule has 0 saturated carbocycles. The van der Waals surface area contributed by atoms with Gasteiger partial charge in [0.05, 0.1) is 19.8 Å². The molecule has 0 radical (unpaired) electrons. The van der Waals surface area contributed by atoms with Crippen LogP contribution in [0.5, 0.6) is 11.5 Å². The van der Waals surface area contributed by atoms with Gasteiger partial charge in [0.15, 0.2) is 11.5 Å². The molecule has 0 spiro atoms. The van der Waals surface area contributed by atoms with Gasteiger partial charge in [-0.05, 0) is 24.6 Å². The van der Waals surface area contributed by atoms with Gasteiger partial charge in [0.1, 0.15) is 0 Å². The van der Waals surface area contributed by atoms with Crippen molar-refractivity contribution in [1.29, 1.82) is 0 Å². The van der Waals surface area contributed by atoms with E-state index < -0.39 is 0 Å². The quantitative estimate of drug-likeness (QED) is 0.579. The van der Waals surface area contributed by atoms with Gasteiger partial charge in [-0.25, -0.2) is 0 Å². The molecule has 0 saturated heterocycles. The molecule has 6 nitrogen and oxygen atoms in total. The Hall–Kier alpha value is -1.79. The number of hydrogen-bond donors (Lipinski definition) is 3. The minimum atomic E-state index is -0.0779. The average molecular weight is 282 g/mol. The van der Waals surface area contributed by atoms with Crippen molar-refractivity contribution in [2.75, 3.05) is 33.4 Å². The van der Waals surface area contributed by atoms with Crippen LogP contribution < -0.4 is 15.4 Å². The lowest BCUT2D eigenvalue weighted by Gasteiger charge is -2.09. The van der Waals surface area contributed by atoms with E-state index in [1.807, 2.05) is 6.92 Å². The van der Waals surface area contributed by atoms with Crippen LogP contribution in [0.1, 0.15) is 12.5 Å². The number of carbonyl (C=O) groups excluding carboxylic acids is 1. The number of rotatable bonds is 9. The van der Waals surface area contributed by atoms with Crippen molar-refractivity contribution in [3.8, 4) is 11.5 Å². The predicted octanol–water partition coefficient (Wildman–Crippen LogP) is 0.643. The molecule has 1 amide bonds. The number of amides is 1. The number of ether oxygens (including phenoxy) is 2. The molecule has 6 heteroatoms. The van der Waals surface area contributed by atoms with E-state index in [1.54, 1.807) is 25.3 Å². The van der Waals surface area contributed by atoms with E-state index in [1.165, 1.54) is 0 Å². The molecular weight excluding hydrogens is 260 g/mol. The molecule has 0 unspecified atom stereocenters. The van der Waals surface area contributed by atoms with Crippen LogP contribution in [0, 0.1) is 0 Å². The third kappa shape index (κ3) is 5.90. The number of nitrogens with one attached hydrogen (secondary N) is 2. The minimum absolute atomic E-state index is 0.0779. The van der Waals surface area contributed by atoms with Gasteiger partial charge in [0, 0.05) is 20.2 Å². The van der Waals surface area contributed by atoms with Crippen molar-refractivity contribution < 1.29 is 19.4 Å². The second-order valence-electron chi connectivity index (χ2n) is 4.18. The van der Waals surface area contributed by atoms with Gasteiger partial charge in [-0.15, -0.1) is 0 Å². The second kappa shape index (κ2) is 9.17. The lowest BCUT2D eigenvalue weighted by atomic mass is 10.2.